The molecule has 2 saturated heterocycles. The number of ether oxygens (including phenoxy) is 1. The molecule has 2 rings (SSSR count). The third-order valence-electron chi connectivity index (χ3n) is 4.74. The molecule has 2 heterocycles. The molecule has 0 unspecified atom stereocenters. The average molecular weight is 267 g/mol. The van der Waals surface area contributed by atoms with Gasteiger partial charge in [-0.3, -0.25) is 4.79 Å². The van der Waals surface area contributed by atoms with Crippen molar-refractivity contribution in [3.8, 4) is 0 Å². The number of nitrogens with zero attached hydrogens (tertiary/aromatic N) is 1. The monoisotopic (exact) mass is 267 g/mol. The van der Waals surface area contributed by atoms with E-state index >= 15 is 0 Å². The summed E-state index contributed by atoms with van der Waals surface area (Å²) < 4.78 is 5.84. The Bertz CT molecular complexity index is 410. The van der Waals surface area contributed by atoms with Crippen molar-refractivity contribution in [2.45, 2.75) is 58.4 Å². The Morgan fingerprint density at radius 3 is 2.58 bits per heavy atom. The van der Waals surface area contributed by atoms with Gasteiger partial charge in [-0.1, -0.05) is 26.8 Å². The van der Waals surface area contributed by atoms with Gasteiger partial charge >= 0.3 is 0 Å². The van der Waals surface area contributed by atoms with E-state index in [1.54, 1.807) is 17.9 Å². The molecule has 0 radical (unpaired) electrons. The Balaban J connectivity index is 2.45. The van der Waals surface area contributed by atoms with E-state index in [1.807, 2.05) is 27.7 Å². The Morgan fingerprint density at radius 1 is 1.53 bits per heavy atom. The molecule has 2 aliphatic rings. The fraction of sp³-hybridized carbons (Fsp3) is 0.800. The maximum Gasteiger partial charge on any atom is 0.231 e. The van der Waals surface area contributed by atoms with Crippen LogP contribution in [0.5, 0.6) is 0 Å². The van der Waals surface area contributed by atoms with Crippen molar-refractivity contribution >= 4 is 5.91 Å². The fourth-order valence-corrected chi connectivity index (χ4v) is 3.31. The lowest BCUT2D eigenvalue weighted by molar-refractivity contribution is -0.144. The second-order valence-corrected chi connectivity index (χ2v) is 7.24. The topological polar surface area (TPSA) is 49.8 Å². The molecule has 19 heavy (non-hydrogen) atoms. The SMILES string of the molecule is C=CC[C@H]1C(=O)N2[C@H](C(C)(C)C)OC[C@@]2(C)[C@@]1(C)O. The highest BCUT2D eigenvalue weighted by Crippen LogP contribution is 2.51. The molecular weight excluding hydrogens is 242 g/mol. The first-order chi connectivity index (χ1) is 8.57. The predicted molar refractivity (Wildman–Crippen MR) is 73.4 cm³/mol. The summed E-state index contributed by atoms with van der Waals surface area (Å²) in [6, 6.07) is 0. The highest BCUT2D eigenvalue weighted by atomic mass is 16.5. The zero-order valence-corrected chi connectivity index (χ0v) is 12.6. The summed E-state index contributed by atoms with van der Waals surface area (Å²) in [7, 11) is 0. The summed E-state index contributed by atoms with van der Waals surface area (Å²) in [5, 5.41) is 10.9. The van der Waals surface area contributed by atoms with E-state index < -0.39 is 17.1 Å². The van der Waals surface area contributed by atoms with Gasteiger partial charge in [0.2, 0.25) is 5.91 Å². The third kappa shape index (κ3) is 1.77. The normalized spacial score (nSPS) is 42.6. The second-order valence-electron chi connectivity index (χ2n) is 7.24. The minimum absolute atomic E-state index is 0.0233. The smallest absolute Gasteiger partial charge is 0.231 e. The lowest BCUT2D eigenvalue weighted by Crippen LogP contribution is -2.56. The second kappa shape index (κ2) is 4.06. The zero-order chi connectivity index (χ0) is 14.6. The number of hydrogen-bond acceptors (Lipinski definition) is 3. The van der Waals surface area contributed by atoms with Crippen molar-refractivity contribution in [1.29, 1.82) is 0 Å². The van der Waals surface area contributed by atoms with Crippen molar-refractivity contribution in [2.75, 3.05) is 6.61 Å². The number of amides is 1. The van der Waals surface area contributed by atoms with Crippen LogP contribution in [0, 0.1) is 11.3 Å². The molecule has 0 saturated carbocycles. The van der Waals surface area contributed by atoms with Crippen LogP contribution in [0.1, 0.15) is 41.0 Å². The molecule has 0 aromatic heterocycles. The molecule has 2 aliphatic heterocycles. The summed E-state index contributed by atoms with van der Waals surface area (Å²) in [5.41, 5.74) is -1.93. The number of aliphatic hydroxyl groups is 1. The van der Waals surface area contributed by atoms with Crippen molar-refractivity contribution < 1.29 is 14.6 Å². The predicted octanol–water partition coefficient (Wildman–Crippen LogP) is 1.93. The van der Waals surface area contributed by atoms with Gasteiger partial charge in [-0.15, -0.1) is 6.58 Å². The summed E-state index contributed by atoms with van der Waals surface area (Å²) in [6.45, 7) is 13.9. The zero-order valence-electron chi connectivity index (χ0n) is 12.6. The number of fused-ring (bicyclic) bond motifs is 1. The van der Waals surface area contributed by atoms with E-state index in [9.17, 15) is 9.90 Å². The molecule has 108 valence electrons. The first kappa shape index (κ1) is 14.5. The lowest BCUT2D eigenvalue weighted by Gasteiger charge is -2.40. The van der Waals surface area contributed by atoms with E-state index in [0.717, 1.165) is 0 Å². The van der Waals surface area contributed by atoms with E-state index in [2.05, 4.69) is 6.58 Å². The summed E-state index contributed by atoms with van der Waals surface area (Å²) in [4.78, 5) is 14.5. The Morgan fingerprint density at radius 2 is 2.11 bits per heavy atom. The lowest BCUT2D eigenvalue weighted by atomic mass is 9.77. The Kier molecular flexibility index (Phi) is 3.11. The van der Waals surface area contributed by atoms with Gasteiger partial charge < -0.3 is 14.7 Å². The first-order valence-electron chi connectivity index (χ1n) is 6.85. The fourth-order valence-electron chi connectivity index (χ4n) is 3.31. The number of carbonyl (C=O) groups is 1. The molecular formula is C15H25NO3. The van der Waals surface area contributed by atoms with E-state index in [-0.39, 0.29) is 17.6 Å². The molecule has 0 spiro atoms. The van der Waals surface area contributed by atoms with Gasteiger partial charge in [-0.05, 0) is 20.3 Å². The van der Waals surface area contributed by atoms with Crippen LogP contribution < -0.4 is 0 Å². The third-order valence-corrected chi connectivity index (χ3v) is 4.74. The van der Waals surface area contributed by atoms with Crippen LogP contribution in [0.4, 0.5) is 0 Å². The molecule has 0 aromatic carbocycles. The van der Waals surface area contributed by atoms with Gasteiger partial charge in [0.1, 0.15) is 6.23 Å². The molecule has 4 heteroatoms. The van der Waals surface area contributed by atoms with E-state index in [0.29, 0.717) is 13.0 Å². The molecule has 1 N–H and O–H groups in total. The van der Waals surface area contributed by atoms with Crippen molar-refractivity contribution in [2.24, 2.45) is 11.3 Å². The average Bonchev–Trinajstić information content (AvgIpc) is 2.69. The maximum atomic E-state index is 12.7. The minimum atomic E-state index is -1.10. The van der Waals surface area contributed by atoms with Crippen LogP contribution >= 0.6 is 0 Å². The van der Waals surface area contributed by atoms with Crippen LogP contribution in [0.2, 0.25) is 0 Å². The molecule has 2 fully saturated rings. The largest absolute Gasteiger partial charge is 0.387 e. The molecule has 0 bridgehead atoms. The van der Waals surface area contributed by atoms with Crippen LogP contribution in [0.25, 0.3) is 0 Å². The Hall–Kier alpha value is -0.870. The van der Waals surface area contributed by atoms with Gasteiger partial charge in [-0.2, -0.15) is 0 Å². The summed E-state index contributed by atoms with van der Waals surface area (Å²) >= 11 is 0. The molecule has 4 nitrogen and oxygen atoms in total. The molecule has 4 atom stereocenters. The van der Waals surface area contributed by atoms with Gasteiger partial charge in [0, 0.05) is 5.41 Å². The minimum Gasteiger partial charge on any atom is -0.387 e. The highest BCUT2D eigenvalue weighted by Gasteiger charge is 2.68. The standard InChI is InChI=1S/C15H25NO3/c1-7-8-10-11(17)16-12(13(2,3)4)19-9-14(16,5)15(10,6)18/h7,10,12,18H,1,8-9H2,2-6H3/t10-,12-,14-,15-/m0/s1. The summed E-state index contributed by atoms with van der Waals surface area (Å²) in [5.74, 6) is -0.450. The van der Waals surface area contributed by atoms with Crippen molar-refractivity contribution in [3.63, 3.8) is 0 Å². The van der Waals surface area contributed by atoms with Crippen LogP contribution in [-0.4, -0.2) is 39.9 Å². The Labute approximate surface area is 115 Å². The quantitative estimate of drug-likeness (QED) is 0.778. The number of rotatable bonds is 2. The number of carbonyl (C=O) groups excluding carboxylic acids is 1. The maximum absolute atomic E-state index is 12.7. The van der Waals surface area contributed by atoms with Crippen LogP contribution in [0.15, 0.2) is 12.7 Å². The van der Waals surface area contributed by atoms with Crippen LogP contribution in [0.3, 0.4) is 0 Å². The van der Waals surface area contributed by atoms with Gasteiger partial charge in [0.05, 0.1) is 23.7 Å². The number of allylic oxidation sites excluding steroid dienone is 1. The molecule has 0 aliphatic carbocycles. The van der Waals surface area contributed by atoms with E-state index in [4.69, 9.17) is 4.74 Å². The highest BCUT2D eigenvalue weighted by molar-refractivity contribution is 5.85. The van der Waals surface area contributed by atoms with Gasteiger partial charge in [0.15, 0.2) is 0 Å². The first-order valence-corrected chi connectivity index (χ1v) is 6.85. The van der Waals surface area contributed by atoms with Gasteiger partial charge in [0.25, 0.3) is 0 Å². The molecule has 1 amide bonds. The van der Waals surface area contributed by atoms with Crippen molar-refractivity contribution in [1.82, 2.24) is 4.90 Å². The van der Waals surface area contributed by atoms with Crippen LogP contribution in [-0.2, 0) is 9.53 Å². The van der Waals surface area contributed by atoms with Gasteiger partial charge in [-0.25, -0.2) is 0 Å². The van der Waals surface area contributed by atoms with E-state index in [1.165, 1.54) is 0 Å². The summed E-state index contributed by atoms with van der Waals surface area (Å²) in [6.07, 6.45) is 1.91. The number of hydrogen-bond donors (Lipinski definition) is 1. The molecule has 0 aromatic rings. The van der Waals surface area contributed by atoms with Crippen molar-refractivity contribution in [3.05, 3.63) is 12.7 Å².